The number of hydrogen-bond donors (Lipinski definition) is 1. The number of hydrogen-bond acceptors (Lipinski definition) is 4. The summed E-state index contributed by atoms with van der Waals surface area (Å²) in [7, 11) is 0. The summed E-state index contributed by atoms with van der Waals surface area (Å²) in [5, 5.41) is 9.50. The van der Waals surface area contributed by atoms with Crippen LogP contribution in [-0.2, 0) is 6.61 Å². The summed E-state index contributed by atoms with van der Waals surface area (Å²) in [6.07, 6.45) is 1.57. The summed E-state index contributed by atoms with van der Waals surface area (Å²) in [6, 6.07) is 10.7. The van der Waals surface area contributed by atoms with Gasteiger partial charge in [0.15, 0.2) is 0 Å². The number of rotatable bonds is 6. The smallest absolute Gasteiger partial charge is 0.137 e. The van der Waals surface area contributed by atoms with Crippen molar-refractivity contribution in [2.24, 2.45) is 0 Å². The van der Waals surface area contributed by atoms with Gasteiger partial charge >= 0.3 is 0 Å². The van der Waals surface area contributed by atoms with Gasteiger partial charge in [-0.1, -0.05) is 17.7 Å². The molecule has 0 aliphatic heterocycles. The second-order valence-electron chi connectivity index (χ2n) is 3.80. The van der Waals surface area contributed by atoms with E-state index in [2.05, 4.69) is 4.98 Å². The van der Waals surface area contributed by atoms with E-state index in [-0.39, 0.29) is 6.61 Å². The van der Waals surface area contributed by atoms with E-state index in [1.54, 1.807) is 30.5 Å². The Balaban J connectivity index is 1.74. The van der Waals surface area contributed by atoms with E-state index in [1.807, 2.05) is 12.1 Å². The fraction of sp³-hybridized carbons (Fsp3) is 0.214. The summed E-state index contributed by atoms with van der Waals surface area (Å²) >= 11 is 5.84. The average Bonchev–Trinajstić information content (AvgIpc) is 2.44. The molecule has 100 valence electrons. The van der Waals surface area contributed by atoms with Gasteiger partial charge in [-0.3, -0.25) is 4.98 Å². The van der Waals surface area contributed by atoms with Crippen LogP contribution in [0.3, 0.4) is 0 Å². The van der Waals surface area contributed by atoms with Crippen molar-refractivity contribution in [1.82, 2.24) is 4.98 Å². The first-order valence-corrected chi connectivity index (χ1v) is 6.22. The average molecular weight is 280 g/mol. The molecule has 5 heteroatoms. The normalized spacial score (nSPS) is 10.2. The first kappa shape index (κ1) is 13.6. The molecule has 0 amide bonds. The van der Waals surface area contributed by atoms with Gasteiger partial charge in [-0.2, -0.15) is 0 Å². The van der Waals surface area contributed by atoms with E-state index >= 15 is 0 Å². The lowest BCUT2D eigenvalue weighted by molar-refractivity contribution is 0.216. The summed E-state index contributed by atoms with van der Waals surface area (Å²) < 4.78 is 10.9. The topological polar surface area (TPSA) is 51.6 Å². The van der Waals surface area contributed by atoms with Crippen molar-refractivity contribution in [2.75, 3.05) is 13.2 Å². The van der Waals surface area contributed by atoms with Gasteiger partial charge in [0.25, 0.3) is 0 Å². The number of benzene rings is 1. The number of ether oxygens (including phenoxy) is 2. The molecule has 0 bridgehead atoms. The van der Waals surface area contributed by atoms with E-state index in [1.165, 1.54) is 0 Å². The van der Waals surface area contributed by atoms with Gasteiger partial charge in [0.1, 0.15) is 24.7 Å². The third-order valence-corrected chi connectivity index (χ3v) is 2.61. The monoisotopic (exact) mass is 279 g/mol. The van der Waals surface area contributed by atoms with Crippen LogP contribution in [0.2, 0.25) is 5.02 Å². The van der Waals surface area contributed by atoms with Crippen molar-refractivity contribution in [3.8, 4) is 11.5 Å². The van der Waals surface area contributed by atoms with Crippen LogP contribution < -0.4 is 9.47 Å². The molecule has 1 aromatic heterocycles. The molecule has 0 aliphatic carbocycles. The van der Waals surface area contributed by atoms with Gasteiger partial charge in [0.05, 0.1) is 18.5 Å². The Labute approximate surface area is 116 Å². The second kappa shape index (κ2) is 6.97. The molecule has 0 atom stereocenters. The SMILES string of the molecule is OCc1ccc(OCCOc2cccc(Cl)c2)cn1. The molecule has 2 rings (SSSR count). The lowest BCUT2D eigenvalue weighted by Crippen LogP contribution is -2.09. The van der Waals surface area contributed by atoms with E-state index < -0.39 is 0 Å². The molecular weight excluding hydrogens is 266 g/mol. The predicted octanol–water partition coefficient (Wildman–Crippen LogP) is 2.69. The maximum Gasteiger partial charge on any atom is 0.137 e. The summed E-state index contributed by atoms with van der Waals surface area (Å²) in [5.74, 6) is 1.36. The maximum absolute atomic E-state index is 8.86. The summed E-state index contributed by atoms with van der Waals surface area (Å²) in [6.45, 7) is 0.757. The van der Waals surface area contributed by atoms with Crippen molar-refractivity contribution in [2.45, 2.75) is 6.61 Å². The Morgan fingerprint density at radius 1 is 1.05 bits per heavy atom. The number of pyridine rings is 1. The lowest BCUT2D eigenvalue weighted by Gasteiger charge is -2.08. The Bertz CT molecular complexity index is 516. The molecule has 2 aromatic rings. The second-order valence-corrected chi connectivity index (χ2v) is 4.23. The fourth-order valence-corrected chi connectivity index (χ4v) is 1.65. The van der Waals surface area contributed by atoms with E-state index in [0.717, 1.165) is 0 Å². The summed E-state index contributed by atoms with van der Waals surface area (Å²) in [5.41, 5.74) is 0.613. The Morgan fingerprint density at radius 3 is 2.47 bits per heavy atom. The van der Waals surface area contributed by atoms with Crippen LogP contribution in [0.25, 0.3) is 0 Å². The zero-order valence-electron chi connectivity index (χ0n) is 10.3. The van der Waals surface area contributed by atoms with Crippen LogP contribution >= 0.6 is 11.6 Å². The largest absolute Gasteiger partial charge is 0.490 e. The van der Waals surface area contributed by atoms with E-state index in [4.69, 9.17) is 26.2 Å². The minimum atomic E-state index is -0.0713. The molecule has 1 heterocycles. The first-order valence-electron chi connectivity index (χ1n) is 5.85. The van der Waals surface area contributed by atoms with Crippen molar-refractivity contribution in [1.29, 1.82) is 0 Å². The number of halogens is 1. The van der Waals surface area contributed by atoms with Gasteiger partial charge in [-0.25, -0.2) is 0 Å². The quantitative estimate of drug-likeness (QED) is 0.826. The number of nitrogens with zero attached hydrogens (tertiary/aromatic N) is 1. The number of aromatic nitrogens is 1. The van der Waals surface area contributed by atoms with Crippen LogP contribution in [0, 0.1) is 0 Å². The van der Waals surface area contributed by atoms with Gasteiger partial charge in [0.2, 0.25) is 0 Å². The fourth-order valence-electron chi connectivity index (χ4n) is 1.47. The Hall–Kier alpha value is -1.78. The van der Waals surface area contributed by atoms with Crippen molar-refractivity contribution < 1.29 is 14.6 Å². The molecule has 1 aromatic carbocycles. The molecule has 19 heavy (non-hydrogen) atoms. The Kier molecular flexibility index (Phi) is 5.01. The predicted molar refractivity (Wildman–Crippen MR) is 72.6 cm³/mol. The molecule has 0 unspecified atom stereocenters. The van der Waals surface area contributed by atoms with Crippen LogP contribution in [-0.4, -0.2) is 23.3 Å². The van der Waals surface area contributed by atoms with Gasteiger partial charge < -0.3 is 14.6 Å². The third kappa shape index (κ3) is 4.43. The maximum atomic E-state index is 8.86. The van der Waals surface area contributed by atoms with Gasteiger partial charge in [-0.15, -0.1) is 0 Å². The van der Waals surface area contributed by atoms with E-state index in [0.29, 0.717) is 35.4 Å². The molecular formula is C14H14ClNO3. The molecule has 0 spiro atoms. The number of aliphatic hydroxyl groups is 1. The molecule has 0 aliphatic rings. The highest BCUT2D eigenvalue weighted by molar-refractivity contribution is 6.30. The van der Waals surface area contributed by atoms with Crippen LogP contribution in [0.1, 0.15) is 5.69 Å². The zero-order chi connectivity index (χ0) is 13.5. The van der Waals surface area contributed by atoms with Gasteiger partial charge in [-0.05, 0) is 30.3 Å². The van der Waals surface area contributed by atoms with Gasteiger partial charge in [0, 0.05) is 5.02 Å². The van der Waals surface area contributed by atoms with Crippen molar-refractivity contribution in [3.63, 3.8) is 0 Å². The summed E-state index contributed by atoms with van der Waals surface area (Å²) in [4.78, 5) is 4.01. The first-order chi connectivity index (χ1) is 9.28. The molecule has 1 N–H and O–H groups in total. The lowest BCUT2D eigenvalue weighted by atomic mass is 10.3. The highest BCUT2D eigenvalue weighted by Gasteiger charge is 1.98. The van der Waals surface area contributed by atoms with E-state index in [9.17, 15) is 0 Å². The molecule has 0 saturated carbocycles. The third-order valence-electron chi connectivity index (χ3n) is 2.38. The minimum Gasteiger partial charge on any atom is -0.490 e. The molecule has 4 nitrogen and oxygen atoms in total. The highest BCUT2D eigenvalue weighted by Crippen LogP contribution is 2.17. The minimum absolute atomic E-state index is 0.0713. The van der Waals surface area contributed by atoms with Crippen LogP contribution in [0.5, 0.6) is 11.5 Å². The molecule has 0 saturated heterocycles. The van der Waals surface area contributed by atoms with Crippen LogP contribution in [0.4, 0.5) is 0 Å². The molecule has 0 fully saturated rings. The zero-order valence-corrected chi connectivity index (χ0v) is 11.0. The van der Waals surface area contributed by atoms with Crippen molar-refractivity contribution >= 4 is 11.6 Å². The standard InChI is InChI=1S/C14H14ClNO3/c15-11-2-1-3-13(8-11)18-6-7-19-14-5-4-12(10-17)16-9-14/h1-5,8-9,17H,6-7,10H2. The Morgan fingerprint density at radius 2 is 1.84 bits per heavy atom. The highest BCUT2D eigenvalue weighted by atomic mass is 35.5. The van der Waals surface area contributed by atoms with Crippen molar-refractivity contribution in [3.05, 3.63) is 53.3 Å². The number of aliphatic hydroxyl groups excluding tert-OH is 1. The molecule has 0 radical (unpaired) electrons. The van der Waals surface area contributed by atoms with Crippen LogP contribution in [0.15, 0.2) is 42.6 Å².